The second-order valence-electron chi connectivity index (χ2n) is 11.8. The van der Waals surface area contributed by atoms with E-state index in [9.17, 15) is 9.59 Å². The van der Waals surface area contributed by atoms with Gasteiger partial charge in [-0.05, 0) is 46.2 Å². The molecule has 3 aromatic rings. The zero-order valence-corrected chi connectivity index (χ0v) is 30.3. The normalized spacial score (nSPS) is 19.4. The molecule has 1 aromatic carbocycles. The first kappa shape index (κ1) is 39.8. The highest BCUT2D eigenvalue weighted by Gasteiger charge is 2.49. The minimum absolute atomic E-state index is 0.0194. The monoisotopic (exact) mass is 728 g/mol. The second kappa shape index (κ2) is 20.1. The van der Waals surface area contributed by atoms with Crippen molar-refractivity contribution in [1.82, 2.24) is 24.2 Å². The van der Waals surface area contributed by atoms with Crippen LogP contribution >= 0.6 is 8.53 Å². The Hall–Kier alpha value is -4.03. The highest BCUT2D eigenvalue weighted by molar-refractivity contribution is 7.44. The number of para-hydroxylation sites is 1. The van der Waals surface area contributed by atoms with E-state index in [-0.39, 0.29) is 75.6 Å². The van der Waals surface area contributed by atoms with E-state index in [1.165, 1.54) is 6.33 Å². The van der Waals surface area contributed by atoms with Gasteiger partial charge in [-0.15, -0.1) is 0 Å². The summed E-state index contributed by atoms with van der Waals surface area (Å²) < 4.78 is 45.9. The molecule has 0 spiro atoms. The Balaban J connectivity index is 1.63. The van der Waals surface area contributed by atoms with Crippen molar-refractivity contribution in [3.05, 3.63) is 58.4 Å². The Morgan fingerprint density at radius 1 is 1.18 bits per heavy atom. The molecule has 5 atom stereocenters. The van der Waals surface area contributed by atoms with E-state index >= 15 is 0 Å². The number of hydrogen-bond donors (Lipinski definition) is 2. The summed E-state index contributed by atoms with van der Waals surface area (Å²) in [7, 11) is -1.69. The maximum Gasteiger partial charge on any atom is 0.280 e. The van der Waals surface area contributed by atoms with Crippen molar-refractivity contribution in [2.24, 2.45) is 0 Å². The van der Waals surface area contributed by atoms with E-state index in [1.807, 2.05) is 46.8 Å². The van der Waals surface area contributed by atoms with Crippen LogP contribution in [0.2, 0.25) is 0 Å². The average molecular weight is 729 g/mol. The van der Waals surface area contributed by atoms with Crippen LogP contribution in [-0.4, -0.2) is 100 Å². The third-order valence-electron chi connectivity index (χ3n) is 7.50. The number of ether oxygens (including phenoxy) is 5. The maximum absolute atomic E-state index is 13.1. The van der Waals surface area contributed by atoms with Gasteiger partial charge in [0.05, 0.1) is 31.5 Å². The number of rotatable bonds is 21. The van der Waals surface area contributed by atoms with E-state index in [0.29, 0.717) is 12.2 Å². The van der Waals surface area contributed by atoms with Crippen LogP contribution in [-0.2, 0) is 32.8 Å². The lowest BCUT2D eigenvalue weighted by Crippen LogP contribution is -2.40. The van der Waals surface area contributed by atoms with Crippen LogP contribution in [0.4, 0.5) is 5.95 Å². The smallest absolute Gasteiger partial charge is 0.280 e. The fourth-order valence-corrected chi connectivity index (χ4v) is 7.12. The number of aromatic nitrogens is 4. The van der Waals surface area contributed by atoms with Gasteiger partial charge in [-0.2, -0.15) is 10.2 Å². The van der Waals surface area contributed by atoms with Gasteiger partial charge in [0.1, 0.15) is 38.2 Å². The van der Waals surface area contributed by atoms with Gasteiger partial charge in [0, 0.05) is 12.1 Å². The van der Waals surface area contributed by atoms with Gasteiger partial charge in [0.2, 0.25) is 12.5 Å². The number of nitrogens with zero attached hydrogens (tertiary/aromatic N) is 6. The minimum atomic E-state index is -1.69. The molecule has 51 heavy (non-hydrogen) atoms. The summed E-state index contributed by atoms with van der Waals surface area (Å²) in [6.07, 6.45) is -0.773. The van der Waals surface area contributed by atoms with Crippen molar-refractivity contribution in [3.8, 4) is 11.8 Å². The largest absolute Gasteiger partial charge is 0.484 e. The van der Waals surface area contributed by atoms with Crippen molar-refractivity contribution in [2.45, 2.75) is 84.1 Å². The van der Waals surface area contributed by atoms with Gasteiger partial charge in [-0.1, -0.05) is 25.1 Å². The molecule has 17 nitrogen and oxygen atoms in total. The number of aromatic amines is 1. The molecule has 1 saturated heterocycles. The van der Waals surface area contributed by atoms with Gasteiger partial charge >= 0.3 is 0 Å². The Labute approximate surface area is 297 Å². The van der Waals surface area contributed by atoms with E-state index in [0.717, 1.165) is 0 Å². The van der Waals surface area contributed by atoms with Crippen molar-refractivity contribution in [3.63, 3.8) is 0 Å². The molecule has 0 saturated carbocycles. The number of carbonyl (C=O) groups is 1. The first-order valence-corrected chi connectivity index (χ1v) is 17.8. The lowest BCUT2D eigenvalue weighted by molar-refractivity contribution is -0.173. The molecule has 1 aliphatic rings. The molecule has 3 heterocycles. The van der Waals surface area contributed by atoms with E-state index in [1.54, 1.807) is 28.8 Å². The number of H-pyrrole nitrogens is 1. The molecule has 0 radical (unpaired) electrons. The van der Waals surface area contributed by atoms with Gasteiger partial charge in [0.25, 0.3) is 20.0 Å². The standard InChI is InChI=1S/C33H45N8O9P/c1-7-25-28(50-51(48-17-15-35-6)41(22(2)3)23(4)5)29(47-21-45-20-44-16-11-14-34)32(49-25)40-19-36-27-30(40)38-33(39-31(27)43)37-26(42)18-46-24-12-9-8-10-13-24/h8-10,12-13,19,22-23,25,28-29,32H,7,11,15-18,20-21H2,1-5H3,(H2,37,38,39,42,43)/t25-,28+,29?,32-,51?/m1/s1. The van der Waals surface area contributed by atoms with Crippen LogP contribution in [0.1, 0.15) is 53.7 Å². The minimum Gasteiger partial charge on any atom is -0.484 e. The molecule has 0 bridgehead atoms. The van der Waals surface area contributed by atoms with Crippen LogP contribution in [0.25, 0.3) is 16.0 Å². The van der Waals surface area contributed by atoms with Crippen molar-refractivity contribution < 1.29 is 37.5 Å². The Bertz CT molecular complexity index is 1670. The summed E-state index contributed by atoms with van der Waals surface area (Å²) in [6, 6.07) is 11.0. The summed E-state index contributed by atoms with van der Waals surface area (Å²) in [5.74, 6) is -0.131. The zero-order chi connectivity index (χ0) is 36.8. The van der Waals surface area contributed by atoms with Crippen LogP contribution in [0, 0.1) is 17.9 Å². The molecule has 2 aromatic heterocycles. The molecular formula is C33H45N8O9P. The number of fused-ring (bicyclic) bond motifs is 1. The topological polar surface area (TPSA) is 189 Å². The molecule has 2 N–H and O–H groups in total. The van der Waals surface area contributed by atoms with Crippen molar-refractivity contribution in [1.29, 1.82) is 5.26 Å². The summed E-state index contributed by atoms with van der Waals surface area (Å²) in [5.41, 5.74) is -0.423. The van der Waals surface area contributed by atoms with E-state index < -0.39 is 44.5 Å². The molecule has 276 valence electrons. The first-order chi connectivity index (χ1) is 24.7. The Morgan fingerprint density at radius 3 is 2.63 bits per heavy atom. The number of carbonyl (C=O) groups excluding carboxylic acids is 1. The number of nitriles is 1. The van der Waals surface area contributed by atoms with Crippen LogP contribution < -0.4 is 15.6 Å². The Morgan fingerprint density at radius 2 is 1.94 bits per heavy atom. The summed E-state index contributed by atoms with van der Waals surface area (Å²) >= 11 is 0. The molecular weight excluding hydrogens is 683 g/mol. The van der Waals surface area contributed by atoms with Gasteiger partial charge < -0.3 is 37.6 Å². The van der Waals surface area contributed by atoms with Crippen LogP contribution in [0.5, 0.6) is 5.75 Å². The lowest BCUT2D eigenvalue weighted by Gasteiger charge is -2.38. The number of benzene rings is 1. The van der Waals surface area contributed by atoms with Crippen molar-refractivity contribution in [2.75, 3.05) is 45.3 Å². The number of hydrogen-bond acceptors (Lipinski definition) is 13. The molecule has 1 aliphatic heterocycles. The van der Waals surface area contributed by atoms with E-state index in [2.05, 4.69) is 29.8 Å². The molecule has 2 unspecified atom stereocenters. The zero-order valence-electron chi connectivity index (χ0n) is 29.4. The number of anilines is 1. The van der Waals surface area contributed by atoms with E-state index in [4.69, 9.17) is 44.6 Å². The molecule has 1 amide bonds. The number of amides is 1. The summed E-state index contributed by atoms with van der Waals surface area (Å²) in [4.78, 5) is 40.6. The maximum atomic E-state index is 13.1. The number of imidazole rings is 1. The third-order valence-corrected chi connectivity index (χ3v) is 9.63. The SMILES string of the molecule is [C-]#[N+]CCOP(O[C@@H]1C(OCOCOCCC#N)[C@H](n2cnc3c(=O)[nH]c(NC(=O)COc4ccccc4)nc32)O[C@@H]1CC)N(C(C)C)C(C)C. The second-order valence-corrected chi connectivity index (χ2v) is 13.2. The van der Waals surface area contributed by atoms with Gasteiger partial charge in [-0.3, -0.25) is 24.5 Å². The highest BCUT2D eigenvalue weighted by Crippen LogP contribution is 2.51. The first-order valence-electron chi connectivity index (χ1n) is 16.6. The number of nitrogens with one attached hydrogen (secondary N) is 2. The van der Waals surface area contributed by atoms with Crippen LogP contribution in [0.15, 0.2) is 41.5 Å². The summed E-state index contributed by atoms with van der Waals surface area (Å²) in [6.45, 7) is 17.3. The fourth-order valence-electron chi connectivity index (χ4n) is 5.36. The predicted molar refractivity (Wildman–Crippen MR) is 186 cm³/mol. The lowest BCUT2D eigenvalue weighted by atomic mass is 10.1. The fraction of sp³-hybridized carbons (Fsp3) is 0.576. The molecule has 18 heteroatoms. The van der Waals surface area contributed by atoms with Gasteiger partial charge in [0.15, 0.2) is 24.0 Å². The third kappa shape index (κ3) is 11.0. The molecule has 1 fully saturated rings. The van der Waals surface area contributed by atoms with Crippen molar-refractivity contribution >= 4 is 31.5 Å². The van der Waals surface area contributed by atoms with Gasteiger partial charge in [-0.25, -0.2) is 16.2 Å². The molecule has 4 rings (SSSR count). The average Bonchev–Trinajstić information content (AvgIpc) is 3.68. The molecule has 0 aliphatic carbocycles. The Kier molecular flexibility index (Phi) is 15.7. The highest BCUT2D eigenvalue weighted by atomic mass is 31.2. The summed E-state index contributed by atoms with van der Waals surface area (Å²) in [5, 5.41) is 11.3. The predicted octanol–water partition coefficient (Wildman–Crippen LogP) is 4.36. The van der Waals surface area contributed by atoms with Crippen LogP contribution in [0.3, 0.4) is 0 Å². The quantitative estimate of drug-likeness (QED) is 0.0682.